The SMILES string of the molecule is CC(CC(N)=O)NC(=O)CC1(CN)CCCCC1. The number of primary amides is 1. The number of carbonyl (C=O) groups excluding carboxylic acids is 2. The van der Waals surface area contributed by atoms with E-state index in [-0.39, 0.29) is 23.8 Å². The molecule has 0 heterocycles. The minimum atomic E-state index is -0.394. The monoisotopic (exact) mass is 255 g/mol. The molecular formula is C13H25N3O2. The molecule has 1 saturated carbocycles. The van der Waals surface area contributed by atoms with Gasteiger partial charge in [0.05, 0.1) is 0 Å². The average molecular weight is 255 g/mol. The van der Waals surface area contributed by atoms with E-state index in [2.05, 4.69) is 5.32 Å². The van der Waals surface area contributed by atoms with Crippen LogP contribution in [0.25, 0.3) is 0 Å². The third kappa shape index (κ3) is 4.64. The molecule has 18 heavy (non-hydrogen) atoms. The van der Waals surface area contributed by atoms with Crippen molar-refractivity contribution in [3.63, 3.8) is 0 Å². The van der Waals surface area contributed by atoms with E-state index < -0.39 is 5.91 Å². The third-order valence-corrected chi connectivity index (χ3v) is 3.80. The van der Waals surface area contributed by atoms with Crippen molar-refractivity contribution in [2.24, 2.45) is 16.9 Å². The molecule has 0 aliphatic heterocycles. The number of nitrogens with one attached hydrogen (secondary N) is 1. The number of carbonyl (C=O) groups is 2. The third-order valence-electron chi connectivity index (χ3n) is 3.80. The summed E-state index contributed by atoms with van der Waals surface area (Å²) >= 11 is 0. The van der Waals surface area contributed by atoms with Crippen molar-refractivity contribution < 1.29 is 9.59 Å². The van der Waals surface area contributed by atoms with Crippen molar-refractivity contribution in [3.8, 4) is 0 Å². The normalized spacial score (nSPS) is 20.1. The Balaban J connectivity index is 2.44. The Bertz CT molecular complexity index is 299. The van der Waals surface area contributed by atoms with Gasteiger partial charge in [-0.05, 0) is 31.7 Å². The first-order valence-electron chi connectivity index (χ1n) is 6.75. The maximum absolute atomic E-state index is 11.9. The molecule has 0 aromatic heterocycles. The Morgan fingerprint density at radius 3 is 2.39 bits per heavy atom. The highest BCUT2D eigenvalue weighted by atomic mass is 16.2. The summed E-state index contributed by atoms with van der Waals surface area (Å²) in [6, 6.07) is -0.201. The predicted molar refractivity (Wildman–Crippen MR) is 70.6 cm³/mol. The molecule has 0 spiro atoms. The predicted octanol–water partition coefficient (Wildman–Crippen LogP) is 0.666. The molecule has 0 aromatic carbocycles. The van der Waals surface area contributed by atoms with E-state index in [1.54, 1.807) is 6.92 Å². The lowest BCUT2D eigenvalue weighted by Crippen LogP contribution is -2.42. The van der Waals surface area contributed by atoms with Crippen LogP contribution in [0.4, 0.5) is 0 Å². The lowest BCUT2D eigenvalue weighted by molar-refractivity contribution is -0.124. The van der Waals surface area contributed by atoms with Crippen molar-refractivity contribution in [1.82, 2.24) is 5.32 Å². The second-order valence-corrected chi connectivity index (χ2v) is 5.58. The van der Waals surface area contributed by atoms with Crippen LogP contribution in [-0.2, 0) is 9.59 Å². The van der Waals surface area contributed by atoms with Crippen LogP contribution in [0, 0.1) is 5.41 Å². The van der Waals surface area contributed by atoms with Gasteiger partial charge in [-0.25, -0.2) is 0 Å². The smallest absolute Gasteiger partial charge is 0.220 e. The average Bonchev–Trinajstić information content (AvgIpc) is 2.28. The molecule has 1 atom stereocenters. The second kappa shape index (κ2) is 6.73. The van der Waals surface area contributed by atoms with Gasteiger partial charge in [-0.15, -0.1) is 0 Å². The molecule has 1 aliphatic rings. The molecule has 0 saturated heterocycles. The highest BCUT2D eigenvalue weighted by molar-refractivity contribution is 5.79. The largest absolute Gasteiger partial charge is 0.370 e. The van der Waals surface area contributed by atoms with Crippen LogP contribution in [0.5, 0.6) is 0 Å². The summed E-state index contributed by atoms with van der Waals surface area (Å²) in [6.45, 7) is 2.35. The van der Waals surface area contributed by atoms with Gasteiger partial charge in [0.2, 0.25) is 11.8 Å². The minimum Gasteiger partial charge on any atom is -0.370 e. The summed E-state index contributed by atoms with van der Waals surface area (Å²) in [5.41, 5.74) is 10.9. The lowest BCUT2D eigenvalue weighted by atomic mass is 9.71. The molecule has 5 heteroatoms. The summed E-state index contributed by atoms with van der Waals surface area (Å²) in [4.78, 5) is 22.7. The fourth-order valence-corrected chi connectivity index (χ4v) is 2.77. The van der Waals surface area contributed by atoms with Crippen molar-refractivity contribution in [2.45, 2.75) is 57.9 Å². The fraction of sp³-hybridized carbons (Fsp3) is 0.846. The van der Waals surface area contributed by atoms with Gasteiger partial charge in [-0.1, -0.05) is 19.3 Å². The van der Waals surface area contributed by atoms with Gasteiger partial charge in [-0.3, -0.25) is 9.59 Å². The van der Waals surface area contributed by atoms with Gasteiger partial charge in [0, 0.05) is 18.9 Å². The van der Waals surface area contributed by atoms with Crippen molar-refractivity contribution in [3.05, 3.63) is 0 Å². The van der Waals surface area contributed by atoms with Crippen LogP contribution in [0.3, 0.4) is 0 Å². The van der Waals surface area contributed by atoms with Crippen LogP contribution >= 0.6 is 0 Å². The van der Waals surface area contributed by atoms with Gasteiger partial charge >= 0.3 is 0 Å². The van der Waals surface area contributed by atoms with E-state index in [0.29, 0.717) is 13.0 Å². The molecule has 2 amide bonds. The van der Waals surface area contributed by atoms with E-state index in [4.69, 9.17) is 11.5 Å². The molecule has 5 nitrogen and oxygen atoms in total. The minimum absolute atomic E-state index is 0.0175. The maximum atomic E-state index is 11.9. The molecule has 0 aromatic rings. The topological polar surface area (TPSA) is 98.2 Å². The van der Waals surface area contributed by atoms with E-state index in [0.717, 1.165) is 25.7 Å². The van der Waals surface area contributed by atoms with E-state index in [9.17, 15) is 9.59 Å². The number of rotatable bonds is 6. The van der Waals surface area contributed by atoms with Crippen LogP contribution < -0.4 is 16.8 Å². The summed E-state index contributed by atoms with van der Waals surface area (Å²) in [7, 11) is 0. The molecule has 5 N–H and O–H groups in total. The molecule has 1 fully saturated rings. The van der Waals surface area contributed by atoms with Gasteiger partial charge in [-0.2, -0.15) is 0 Å². The summed E-state index contributed by atoms with van der Waals surface area (Å²) in [5.74, 6) is -0.412. The molecular weight excluding hydrogens is 230 g/mol. The molecule has 0 radical (unpaired) electrons. The van der Waals surface area contributed by atoms with Crippen LogP contribution in [0.1, 0.15) is 51.9 Å². The first kappa shape index (κ1) is 15.0. The first-order chi connectivity index (χ1) is 8.47. The van der Waals surface area contributed by atoms with Crippen molar-refractivity contribution in [2.75, 3.05) is 6.54 Å². The summed E-state index contributed by atoms with van der Waals surface area (Å²) in [5, 5.41) is 2.82. The Hall–Kier alpha value is -1.10. The van der Waals surface area contributed by atoms with Gasteiger partial charge < -0.3 is 16.8 Å². The second-order valence-electron chi connectivity index (χ2n) is 5.58. The Labute approximate surface area is 109 Å². The van der Waals surface area contributed by atoms with E-state index >= 15 is 0 Å². The van der Waals surface area contributed by atoms with Crippen LogP contribution in [0.2, 0.25) is 0 Å². The zero-order valence-corrected chi connectivity index (χ0v) is 11.2. The molecule has 1 rings (SSSR count). The number of hydrogen-bond donors (Lipinski definition) is 3. The van der Waals surface area contributed by atoms with E-state index in [1.165, 1.54) is 6.42 Å². The lowest BCUT2D eigenvalue weighted by Gasteiger charge is -2.35. The summed E-state index contributed by atoms with van der Waals surface area (Å²) in [6.07, 6.45) is 6.25. The molecule has 1 unspecified atom stereocenters. The standard InChI is InChI=1S/C13H25N3O2/c1-10(7-11(15)17)16-12(18)8-13(9-14)5-3-2-4-6-13/h10H,2-9,14H2,1H3,(H2,15,17)(H,16,18). The van der Waals surface area contributed by atoms with Crippen LogP contribution in [-0.4, -0.2) is 24.4 Å². The first-order valence-corrected chi connectivity index (χ1v) is 6.75. The maximum Gasteiger partial charge on any atom is 0.220 e. The van der Waals surface area contributed by atoms with Gasteiger partial charge in [0.1, 0.15) is 0 Å². The molecule has 1 aliphatic carbocycles. The fourth-order valence-electron chi connectivity index (χ4n) is 2.77. The Morgan fingerprint density at radius 2 is 1.89 bits per heavy atom. The van der Waals surface area contributed by atoms with Crippen molar-refractivity contribution in [1.29, 1.82) is 0 Å². The number of hydrogen-bond acceptors (Lipinski definition) is 3. The quantitative estimate of drug-likeness (QED) is 0.650. The number of nitrogens with two attached hydrogens (primary N) is 2. The van der Waals surface area contributed by atoms with E-state index in [1.807, 2.05) is 0 Å². The molecule has 104 valence electrons. The van der Waals surface area contributed by atoms with Crippen LogP contribution in [0.15, 0.2) is 0 Å². The van der Waals surface area contributed by atoms with Crippen molar-refractivity contribution >= 4 is 11.8 Å². The highest BCUT2D eigenvalue weighted by Crippen LogP contribution is 2.38. The number of amides is 2. The summed E-state index contributed by atoms with van der Waals surface area (Å²) < 4.78 is 0. The van der Waals surface area contributed by atoms with Gasteiger partial charge in [0.25, 0.3) is 0 Å². The zero-order valence-electron chi connectivity index (χ0n) is 11.2. The zero-order chi connectivity index (χ0) is 13.6. The molecule has 0 bridgehead atoms. The highest BCUT2D eigenvalue weighted by Gasteiger charge is 2.33. The Morgan fingerprint density at radius 1 is 1.28 bits per heavy atom. The Kier molecular flexibility index (Phi) is 5.59. The van der Waals surface area contributed by atoms with Gasteiger partial charge in [0.15, 0.2) is 0 Å².